The van der Waals surface area contributed by atoms with Crippen LogP contribution in [0.25, 0.3) is 0 Å². The number of hydrogen-bond donors (Lipinski definition) is 2. The van der Waals surface area contributed by atoms with Crippen LogP contribution >= 0.6 is 0 Å². The van der Waals surface area contributed by atoms with Gasteiger partial charge in [-0.1, -0.05) is 26.0 Å². The molecule has 0 spiro atoms. The van der Waals surface area contributed by atoms with Crippen LogP contribution in [0.5, 0.6) is 0 Å². The number of likely N-dealkylation sites (tertiary alicyclic amines) is 1. The molecule has 0 bridgehead atoms. The predicted octanol–water partition coefficient (Wildman–Crippen LogP) is 2.61. The number of quaternary nitrogens is 1. The van der Waals surface area contributed by atoms with Crippen LogP contribution in [-0.2, 0) is 11.2 Å². The van der Waals surface area contributed by atoms with E-state index in [1.165, 1.54) is 0 Å². The predicted molar refractivity (Wildman–Crippen MR) is 101 cm³/mol. The molecular formula is C19H26F2N4O2. The normalized spacial score (nSPS) is 26.4. The number of nitrogen functional groups attached to an aromatic ring is 1. The van der Waals surface area contributed by atoms with Crippen LogP contribution in [0, 0.1) is 16.5 Å². The fraction of sp³-hybridized carbons (Fsp3) is 0.579. The monoisotopic (exact) mass is 380 g/mol. The molecule has 8 heteroatoms. The zero-order chi connectivity index (χ0) is 20.0. The molecule has 0 radical (unpaired) electrons. The highest BCUT2D eigenvalue weighted by atomic mass is 19.3. The van der Waals surface area contributed by atoms with E-state index in [1.807, 2.05) is 13.8 Å². The van der Waals surface area contributed by atoms with Crippen molar-refractivity contribution in [2.24, 2.45) is 11.7 Å². The molecule has 0 saturated carbocycles. The number of nitrogens with one attached hydrogen (secondary N) is 1. The SMILES string of the molecule is CC(C)CC[N+]1([O-])c2cc(C(=N)N)ccc2CC1C(=O)N1CCC(F)(F)C1. The molecular weight excluding hydrogens is 354 g/mol. The molecule has 1 saturated heterocycles. The number of nitrogens with two attached hydrogens (primary N) is 1. The summed E-state index contributed by atoms with van der Waals surface area (Å²) in [6.07, 6.45) is 0.459. The first-order valence-electron chi connectivity index (χ1n) is 9.27. The van der Waals surface area contributed by atoms with Gasteiger partial charge in [-0.05, 0) is 12.3 Å². The lowest BCUT2D eigenvalue weighted by molar-refractivity contribution is -0.135. The van der Waals surface area contributed by atoms with Gasteiger partial charge in [0.05, 0.1) is 13.1 Å². The number of carbonyl (C=O) groups excluding carboxylic acids is 1. The van der Waals surface area contributed by atoms with Crippen molar-refractivity contribution >= 4 is 17.4 Å². The van der Waals surface area contributed by atoms with Crippen LogP contribution in [0.1, 0.15) is 37.8 Å². The summed E-state index contributed by atoms with van der Waals surface area (Å²) in [4.78, 5) is 14.1. The average molecular weight is 380 g/mol. The van der Waals surface area contributed by atoms with Crippen molar-refractivity contribution in [3.63, 3.8) is 0 Å². The Morgan fingerprint density at radius 3 is 2.74 bits per heavy atom. The van der Waals surface area contributed by atoms with Crippen molar-refractivity contribution in [3.8, 4) is 0 Å². The van der Waals surface area contributed by atoms with Crippen molar-refractivity contribution in [1.82, 2.24) is 9.55 Å². The fourth-order valence-electron chi connectivity index (χ4n) is 3.91. The highest BCUT2D eigenvalue weighted by Crippen LogP contribution is 2.41. The molecule has 1 amide bonds. The van der Waals surface area contributed by atoms with Gasteiger partial charge in [-0.25, -0.2) is 8.78 Å². The Morgan fingerprint density at radius 2 is 2.19 bits per heavy atom. The van der Waals surface area contributed by atoms with Crippen molar-refractivity contribution in [2.75, 3.05) is 19.6 Å². The van der Waals surface area contributed by atoms with Crippen LogP contribution in [0.2, 0.25) is 0 Å². The molecule has 6 nitrogen and oxygen atoms in total. The van der Waals surface area contributed by atoms with E-state index >= 15 is 0 Å². The van der Waals surface area contributed by atoms with Crippen molar-refractivity contribution in [2.45, 2.75) is 45.1 Å². The molecule has 2 atom stereocenters. The largest absolute Gasteiger partial charge is 0.627 e. The van der Waals surface area contributed by atoms with Crippen LogP contribution in [-0.4, -0.2) is 48.2 Å². The van der Waals surface area contributed by atoms with Gasteiger partial charge in [-0.15, -0.1) is 0 Å². The number of nitrogens with zero attached hydrogens (tertiary/aromatic N) is 2. The quantitative estimate of drug-likeness (QED) is 0.356. The molecule has 2 heterocycles. The van der Waals surface area contributed by atoms with Crippen molar-refractivity contribution in [1.29, 1.82) is 5.41 Å². The molecule has 27 heavy (non-hydrogen) atoms. The molecule has 0 aromatic heterocycles. The van der Waals surface area contributed by atoms with Gasteiger partial charge >= 0.3 is 0 Å². The summed E-state index contributed by atoms with van der Waals surface area (Å²) in [5, 5.41) is 21.5. The van der Waals surface area contributed by atoms with Crippen LogP contribution in [0.4, 0.5) is 14.5 Å². The Bertz CT molecular complexity index is 768. The van der Waals surface area contributed by atoms with Crippen molar-refractivity contribution < 1.29 is 13.6 Å². The lowest BCUT2D eigenvalue weighted by Gasteiger charge is -2.44. The number of hydrogen-bond acceptors (Lipinski definition) is 3. The fourth-order valence-corrected chi connectivity index (χ4v) is 3.91. The molecule has 2 aliphatic rings. The number of hydroxylamine groups is 2. The maximum Gasteiger partial charge on any atom is 0.282 e. The zero-order valence-corrected chi connectivity index (χ0v) is 15.7. The van der Waals surface area contributed by atoms with Gasteiger partial charge in [0, 0.05) is 36.6 Å². The van der Waals surface area contributed by atoms with E-state index in [9.17, 15) is 18.8 Å². The maximum absolute atomic E-state index is 13.9. The highest BCUT2D eigenvalue weighted by molar-refractivity contribution is 5.96. The Hall–Kier alpha value is -2.06. The topological polar surface area (TPSA) is 93.2 Å². The van der Waals surface area contributed by atoms with E-state index < -0.39 is 29.1 Å². The Kier molecular flexibility index (Phi) is 4.98. The number of alkyl halides is 2. The van der Waals surface area contributed by atoms with Gasteiger partial charge in [0.2, 0.25) is 0 Å². The van der Waals surface area contributed by atoms with E-state index in [-0.39, 0.29) is 37.7 Å². The highest BCUT2D eigenvalue weighted by Gasteiger charge is 2.50. The minimum absolute atomic E-state index is 0.0262. The lowest BCUT2D eigenvalue weighted by atomic mass is 10.1. The molecule has 1 aromatic rings. The average Bonchev–Trinajstić information content (AvgIpc) is 3.10. The van der Waals surface area contributed by atoms with E-state index in [0.717, 1.165) is 10.5 Å². The molecule has 2 unspecified atom stereocenters. The summed E-state index contributed by atoms with van der Waals surface area (Å²) in [5.74, 6) is -3.28. The molecule has 3 rings (SSSR count). The number of rotatable bonds is 5. The molecule has 3 N–H and O–H groups in total. The molecule has 1 fully saturated rings. The summed E-state index contributed by atoms with van der Waals surface area (Å²) >= 11 is 0. The lowest BCUT2D eigenvalue weighted by Crippen LogP contribution is -2.58. The van der Waals surface area contributed by atoms with Crippen LogP contribution in [0.3, 0.4) is 0 Å². The molecule has 1 aromatic carbocycles. The Balaban J connectivity index is 1.95. The third-order valence-corrected chi connectivity index (χ3v) is 5.53. The smallest absolute Gasteiger partial charge is 0.282 e. The third-order valence-electron chi connectivity index (χ3n) is 5.53. The first-order valence-corrected chi connectivity index (χ1v) is 9.27. The van der Waals surface area contributed by atoms with Crippen molar-refractivity contribution in [3.05, 3.63) is 34.5 Å². The van der Waals surface area contributed by atoms with E-state index in [2.05, 4.69) is 0 Å². The zero-order valence-electron chi connectivity index (χ0n) is 15.7. The second-order valence-corrected chi connectivity index (χ2v) is 8.04. The standard InChI is InChI=1S/C19H26F2N4O2/c1-12(2)5-8-25(27)15-10-14(17(22)23)4-3-13(15)9-16(25)18(26)24-7-6-19(20,21)11-24/h3-4,10,12,16H,5-9,11H2,1-2H3,(H3,22,23). The maximum atomic E-state index is 13.9. The minimum Gasteiger partial charge on any atom is -0.627 e. The second-order valence-electron chi connectivity index (χ2n) is 8.04. The number of amides is 1. The number of fused-ring (bicyclic) bond motifs is 1. The summed E-state index contributed by atoms with van der Waals surface area (Å²) in [6, 6.07) is 4.00. The van der Waals surface area contributed by atoms with E-state index in [4.69, 9.17) is 11.1 Å². The van der Waals surface area contributed by atoms with E-state index in [0.29, 0.717) is 17.7 Å². The summed E-state index contributed by atoms with van der Waals surface area (Å²) in [6.45, 7) is 3.52. The van der Waals surface area contributed by atoms with Gasteiger partial charge in [0.1, 0.15) is 11.5 Å². The molecule has 0 aliphatic carbocycles. The van der Waals surface area contributed by atoms with E-state index in [1.54, 1.807) is 18.2 Å². The Labute approximate surface area is 157 Å². The first kappa shape index (κ1) is 19.7. The van der Waals surface area contributed by atoms with Crippen LogP contribution in [0.15, 0.2) is 18.2 Å². The van der Waals surface area contributed by atoms with Gasteiger partial charge in [0.25, 0.3) is 11.8 Å². The second kappa shape index (κ2) is 6.83. The summed E-state index contributed by atoms with van der Waals surface area (Å²) in [5.41, 5.74) is 7.14. The summed E-state index contributed by atoms with van der Waals surface area (Å²) in [7, 11) is 0. The minimum atomic E-state index is -2.89. The first-order chi connectivity index (χ1) is 12.5. The van der Waals surface area contributed by atoms with Gasteiger partial charge in [-0.3, -0.25) is 10.2 Å². The van der Waals surface area contributed by atoms with Gasteiger partial charge in [0.15, 0.2) is 6.04 Å². The third kappa shape index (κ3) is 3.68. The number of halogens is 2. The molecule has 2 aliphatic heterocycles. The Morgan fingerprint density at radius 1 is 1.48 bits per heavy atom. The van der Waals surface area contributed by atoms with Gasteiger partial charge < -0.3 is 20.5 Å². The number of benzene rings is 1. The van der Waals surface area contributed by atoms with Crippen LogP contribution < -0.4 is 10.4 Å². The number of amidine groups is 1. The molecule has 148 valence electrons. The summed E-state index contributed by atoms with van der Waals surface area (Å²) < 4.78 is 26.3. The number of carbonyl (C=O) groups is 1. The van der Waals surface area contributed by atoms with Gasteiger partial charge in [-0.2, -0.15) is 0 Å².